The highest BCUT2D eigenvalue weighted by Crippen LogP contribution is 2.24. The molecule has 0 radical (unpaired) electrons. The third-order valence-electron chi connectivity index (χ3n) is 6.54. The van der Waals surface area contributed by atoms with E-state index in [-0.39, 0.29) is 42.5 Å². The van der Waals surface area contributed by atoms with Gasteiger partial charge >= 0.3 is 0 Å². The minimum Gasteiger partial charge on any atom is -0.340 e. The van der Waals surface area contributed by atoms with E-state index >= 15 is 4.39 Å². The van der Waals surface area contributed by atoms with Gasteiger partial charge in [-0.1, -0.05) is 12.1 Å². The molecule has 0 unspecified atom stereocenters. The Labute approximate surface area is 208 Å². The average Bonchev–Trinajstić information content (AvgIpc) is 3.26. The van der Waals surface area contributed by atoms with E-state index in [0.29, 0.717) is 17.3 Å². The number of halogens is 1. The van der Waals surface area contributed by atoms with E-state index in [0.717, 1.165) is 16.6 Å². The SMILES string of the molecule is Cc1ccc(Nc2ncc3ccn(-c4ccc(CC(=O)N5CCS(=O)(=O)CC5)c(F)c4)c3n2)cc1C. The highest BCUT2D eigenvalue weighted by atomic mass is 32.2. The monoisotopic (exact) mass is 507 g/mol. The highest BCUT2D eigenvalue weighted by molar-refractivity contribution is 7.91. The molecule has 0 atom stereocenters. The maximum Gasteiger partial charge on any atom is 0.229 e. The third-order valence-corrected chi connectivity index (χ3v) is 8.15. The maximum atomic E-state index is 15.0. The molecule has 36 heavy (non-hydrogen) atoms. The van der Waals surface area contributed by atoms with Gasteiger partial charge in [-0.3, -0.25) is 4.79 Å². The minimum absolute atomic E-state index is 0.0525. The fraction of sp³-hybridized carbons (Fsp3) is 0.269. The first-order valence-electron chi connectivity index (χ1n) is 11.6. The zero-order chi connectivity index (χ0) is 25.4. The van der Waals surface area contributed by atoms with E-state index in [1.807, 2.05) is 31.2 Å². The molecule has 1 fully saturated rings. The summed E-state index contributed by atoms with van der Waals surface area (Å²) >= 11 is 0. The molecule has 0 spiro atoms. The summed E-state index contributed by atoms with van der Waals surface area (Å²) in [6.07, 6.45) is 3.39. The molecule has 5 rings (SSSR count). The fourth-order valence-corrected chi connectivity index (χ4v) is 5.40. The van der Waals surface area contributed by atoms with Crippen LogP contribution in [-0.2, 0) is 21.1 Å². The van der Waals surface area contributed by atoms with Gasteiger partial charge in [-0.15, -0.1) is 0 Å². The molecule has 2 aromatic carbocycles. The van der Waals surface area contributed by atoms with Crippen LogP contribution in [0, 0.1) is 19.7 Å². The van der Waals surface area contributed by atoms with Crippen LogP contribution in [-0.4, -0.2) is 58.4 Å². The minimum atomic E-state index is -3.09. The number of carbonyl (C=O) groups excluding carboxylic acids is 1. The summed E-state index contributed by atoms with van der Waals surface area (Å²) in [7, 11) is -3.09. The molecule has 1 N–H and O–H groups in total. The summed E-state index contributed by atoms with van der Waals surface area (Å²) in [6, 6.07) is 12.6. The number of amides is 1. The topological polar surface area (TPSA) is 97.2 Å². The van der Waals surface area contributed by atoms with E-state index in [2.05, 4.69) is 22.2 Å². The Morgan fingerprint density at radius 1 is 1.06 bits per heavy atom. The van der Waals surface area contributed by atoms with Gasteiger partial charge in [-0.05, 0) is 60.9 Å². The predicted octanol–water partition coefficient (Wildman–Crippen LogP) is 3.72. The number of hydrogen-bond acceptors (Lipinski definition) is 6. The fourth-order valence-electron chi connectivity index (χ4n) is 4.20. The standard InChI is InChI=1S/C26H26FN5O3S/c1-17-3-5-21(13-18(17)2)29-26-28-16-20-7-8-32(25(20)30-26)22-6-4-19(23(27)15-22)14-24(33)31-9-11-36(34,35)12-10-31/h3-8,13,15-16H,9-12,14H2,1-2H3,(H,28,29,30). The Morgan fingerprint density at radius 3 is 2.56 bits per heavy atom. The summed E-state index contributed by atoms with van der Waals surface area (Å²) < 4.78 is 40.0. The van der Waals surface area contributed by atoms with Gasteiger partial charge in [0, 0.05) is 42.2 Å². The first-order chi connectivity index (χ1) is 17.2. The lowest BCUT2D eigenvalue weighted by molar-refractivity contribution is -0.130. The number of sulfone groups is 1. The normalized spacial score (nSPS) is 15.2. The van der Waals surface area contributed by atoms with Crippen LogP contribution in [0.5, 0.6) is 0 Å². The van der Waals surface area contributed by atoms with E-state index in [9.17, 15) is 13.2 Å². The summed E-state index contributed by atoms with van der Waals surface area (Å²) in [5.74, 6) is -0.462. The van der Waals surface area contributed by atoms with Crippen LogP contribution in [0.2, 0.25) is 0 Å². The summed E-state index contributed by atoms with van der Waals surface area (Å²) in [5, 5.41) is 4.03. The quantitative estimate of drug-likeness (QED) is 0.442. The molecule has 0 saturated carbocycles. The van der Waals surface area contributed by atoms with Crippen molar-refractivity contribution in [3.63, 3.8) is 0 Å². The number of benzene rings is 2. The number of rotatable bonds is 5. The number of hydrogen-bond donors (Lipinski definition) is 1. The number of carbonyl (C=O) groups is 1. The summed E-state index contributed by atoms with van der Waals surface area (Å²) in [6.45, 7) is 4.39. The van der Waals surface area contributed by atoms with Crippen LogP contribution >= 0.6 is 0 Å². The van der Waals surface area contributed by atoms with Gasteiger partial charge in [0.1, 0.15) is 11.5 Å². The average molecular weight is 508 g/mol. The van der Waals surface area contributed by atoms with Crippen molar-refractivity contribution < 1.29 is 17.6 Å². The van der Waals surface area contributed by atoms with Gasteiger partial charge in [-0.25, -0.2) is 17.8 Å². The van der Waals surface area contributed by atoms with E-state index in [1.54, 1.807) is 29.1 Å². The summed E-state index contributed by atoms with van der Waals surface area (Å²) in [5.41, 5.74) is 4.68. The van der Waals surface area contributed by atoms with Crippen LogP contribution < -0.4 is 5.32 Å². The molecule has 0 aliphatic carbocycles. The lowest BCUT2D eigenvalue weighted by Crippen LogP contribution is -2.44. The molecular formula is C26H26FN5O3S. The molecule has 1 amide bonds. The second kappa shape index (κ2) is 9.34. The second-order valence-corrected chi connectivity index (χ2v) is 11.4. The first kappa shape index (κ1) is 23.9. The lowest BCUT2D eigenvalue weighted by atomic mass is 10.1. The third kappa shape index (κ3) is 4.94. The van der Waals surface area contributed by atoms with E-state index < -0.39 is 15.7 Å². The van der Waals surface area contributed by atoms with Gasteiger partial charge in [-0.2, -0.15) is 4.98 Å². The van der Waals surface area contributed by atoms with Gasteiger partial charge in [0.2, 0.25) is 11.9 Å². The molecular weight excluding hydrogens is 481 g/mol. The Kier molecular flexibility index (Phi) is 6.21. The zero-order valence-electron chi connectivity index (χ0n) is 20.0. The maximum absolute atomic E-state index is 15.0. The van der Waals surface area contributed by atoms with Gasteiger partial charge in [0.15, 0.2) is 9.84 Å². The zero-order valence-corrected chi connectivity index (χ0v) is 20.8. The largest absolute Gasteiger partial charge is 0.340 e. The van der Waals surface area contributed by atoms with Crippen LogP contribution in [0.1, 0.15) is 16.7 Å². The Balaban J connectivity index is 1.36. The van der Waals surface area contributed by atoms with Gasteiger partial charge in [0.05, 0.1) is 17.9 Å². The molecule has 1 aliphatic rings. The van der Waals surface area contributed by atoms with Crippen molar-refractivity contribution in [2.45, 2.75) is 20.3 Å². The van der Waals surface area contributed by atoms with E-state index in [1.165, 1.54) is 16.5 Å². The van der Waals surface area contributed by atoms with Crippen molar-refractivity contribution in [2.75, 3.05) is 29.9 Å². The number of nitrogens with zero attached hydrogens (tertiary/aromatic N) is 4. The molecule has 4 aromatic rings. The molecule has 186 valence electrons. The van der Waals surface area contributed by atoms with Crippen molar-refractivity contribution in [3.05, 3.63) is 77.4 Å². The van der Waals surface area contributed by atoms with E-state index in [4.69, 9.17) is 0 Å². The van der Waals surface area contributed by atoms with Crippen LogP contribution in [0.4, 0.5) is 16.0 Å². The Bertz CT molecular complexity index is 1570. The smallest absolute Gasteiger partial charge is 0.229 e. The predicted molar refractivity (Wildman–Crippen MR) is 137 cm³/mol. The molecule has 3 heterocycles. The molecule has 1 aliphatic heterocycles. The molecule has 10 heteroatoms. The number of nitrogens with one attached hydrogen (secondary N) is 1. The Hall–Kier alpha value is -3.79. The summed E-state index contributed by atoms with van der Waals surface area (Å²) in [4.78, 5) is 23.1. The Morgan fingerprint density at radius 2 is 1.83 bits per heavy atom. The molecule has 8 nitrogen and oxygen atoms in total. The number of fused-ring (bicyclic) bond motifs is 1. The van der Waals surface area contributed by atoms with Crippen molar-refractivity contribution >= 4 is 38.4 Å². The number of anilines is 2. The number of aryl methyl sites for hydroxylation is 2. The van der Waals surface area contributed by atoms with Crippen molar-refractivity contribution in [1.29, 1.82) is 0 Å². The van der Waals surface area contributed by atoms with Crippen molar-refractivity contribution in [3.8, 4) is 5.69 Å². The first-order valence-corrected chi connectivity index (χ1v) is 13.5. The lowest BCUT2D eigenvalue weighted by Gasteiger charge is -2.26. The van der Waals surface area contributed by atoms with Crippen LogP contribution in [0.3, 0.4) is 0 Å². The second-order valence-electron chi connectivity index (χ2n) is 9.07. The molecule has 0 bridgehead atoms. The van der Waals surface area contributed by atoms with Crippen molar-refractivity contribution in [2.24, 2.45) is 0 Å². The van der Waals surface area contributed by atoms with Crippen molar-refractivity contribution in [1.82, 2.24) is 19.4 Å². The number of aromatic nitrogens is 3. The van der Waals surface area contributed by atoms with Gasteiger partial charge in [0.25, 0.3) is 0 Å². The molecule has 2 aromatic heterocycles. The molecule has 1 saturated heterocycles. The van der Waals surface area contributed by atoms with Gasteiger partial charge < -0.3 is 14.8 Å². The van der Waals surface area contributed by atoms with Crippen LogP contribution in [0.25, 0.3) is 16.7 Å². The highest BCUT2D eigenvalue weighted by Gasteiger charge is 2.25. The van der Waals surface area contributed by atoms with Crippen LogP contribution in [0.15, 0.2) is 54.9 Å².